The third-order valence-corrected chi connectivity index (χ3v) is 2.35. The first-order valence-electron chi connectivity index (χ1n) is 4.58. The number of halogens is 1. The van der Waals surface area contributed by atoms with Gasteiger partial charge in [-0.2, -0.15) is 0 Å². The molecule has 2 rings (SSSR count). The zero-order valence-electron chi connectivity index (χ0n) is 7.63. The van der Waals surface area contributed by atoms with Crippen molar-refractivity contribution in [3.63, 3.8) is 0 Å². The summed E-state index contributed by atoms with van der Waals surface area (Å²) >= 11 is 0. The molecule has 0 unspecified atom stereocenters. The summed E-state index contributed by atoms with van der Waals surface area (Å²) in [5.41, 5.74) is 2.18. The van der Waals surface area contributed by atoms with Crippen LogP contribution >= 0.6 is 0 Å². The summed E-state index contributed by atoms with van der Waals surface area (Å²) < 4.78 is 12.6. The lowest BCUT2D eigenvalue weighted by molar-refractivity contribution is 0.628. The minimum absolute atomic E-state index is 0.185. The minimum atomic E-state index is -0.185. The molecular formula is C11H12FN. The summed E-state index contributed by atoms with van der Waals surface area (Å²) in [6, 6.07) is 7.00. The van der Waals surface area contributed by atoms with E-state index in [1.54, 1.807) is 12.1 Å². The van der Waals surface area contributed by atoms with E-state index in [1.165, 1.54) is 12.1 Å². The van der Waals surface area contributed by atoms with Crippen molar-refractivity contribution < 1.29 is 4.39 Å². The molecule has 0 radical (unpaired) electrons. The van der Waals surface area contributed by atoms with Crippen LogP contribution in [0.15, 0.2) is 29.3 Å². The van der Waals surface area contributed by atoms with Gasteiger partial charge >= 0.3 is 0 Å². The molecule has 0 saturated heterocycles. The zero-order chi connectivity index (χ0) is 9.26. The SMILES string of the molecule is C[C@H]1CCC(c2ccc(F)cc2)=N1. The molecule has 68 valence electrons. The maximum atomic E-state index is 12.6. The van der Waals surface area contributed by atoms with Crippen molar-refractivity contribution in [2.45, 2.75) is 25.8 Å². The lowest BCUT2D eigenvalue weighted by Crippen LogP contribution is -1.95. The van der Waals surface area contributed by atoms with Crippen LogP contribution in [0.4, 0.5) is 4.39 Å². The van der Waals surface area contributed by atoms with Crippen LogP contribution in [0.3, 0.4) is 0 Å². The smallest absolute Gasteiger partial charge is 0.123 e. The first-order chi connectivity index (χ1) is 6.25. The van der Waals surface area contributed by atoms with E-state index in [0.717, 1.165) is 24.1 Å². The largest absolute Gasteiger partial charge is 0.286 e. The van der Waals surface area contributed by atoms with E-state index in [2.05, 4.69) is 11.9 Å². The number of hydrogen-bond acceptors (Lipinski definition) is 1. The zero-order valence-corrected chi connectivity index (χ0v) is 7.63. The van der Waals surface area contributed by atoms with Gasteiger partial charge in [-0.15, -0.1) is 0 Å². The first-order valence-corrected chi connectivity index (χ1v) is 4.58. The lowest BCUT2D eigenvalue weighted by Gasteiger charge is -1.98. The van der Waals surface area contributed by atoms with E-state index in [-0.39, 0.29) is 5.82 Å². The average Bonchev–Trinajstić information content (AvgIpc) is 2.53. The monoisotopic (exact) mass is 177 g/mol. The quantitative estimate of drug-likeness (QED) is 0.625. The Bertz CT molecular complexity index is 326. The molecule has 0 saturated carbocycles. The highest BCUT2D eigenvalue weighted by atomic mass is 19.1. The molecule has 0 aromatic heterocycles. The molecule has 0 bridgehead atoms. The number of aliphatic imine (C=N–C) groups is 1. The third kappa shape index (κ3) is 1.77. The second-order valence-electron chi connectivity index (χ2n) is 3.47. The van der Waals surface area contributed by atoms with Crippen LogP contribution in [0.1, 0.15) is 25.3 Å². The van der Waals surface area contributed by atoms with Gasteiger partial charge in [-0.3, -0.25) is 4.99 Å². The molecule has 1 aliphatic rings. The average molecular weight is 177 g/mol. The molecule has 1 heterocycles. The van der Waals surface area contributed by atoms with E-state index in [0.29, 0.717) is 6.04 Å². The Hall–Kier alpha value is -1.18. The first kappa shape index (κ1) is 8.42. The van der Waals surface area contributed by atoms with Gasteiger partial charge in [0.25, 0.3) is 0 Å². The summed E-state index contributed by atoms with van der Waals surface area (Å²) in [5.74, 6) is -0.185. The van der Waals surface area contributed by atoms with Gasteiger partial charge in [0.05, 0.1) is 0 Å². The Balaban J connectivity index is 2.26. The van der Waals surface area contributed by atoms with Crippen molar-refractivity contribution in [2.75, 3.05) is 0 Å². The highest BCUT2D eigenvalue weighted by molar-refractivity contribution is 6.01. The van der Waals surface area contributed by atoms with Crippen LogP contribution in [0, 0.1) is 5.82 Å². The normalized spacial score (nSPS) is 21.7. The van der Waals surface area contributed by atoms with Gasteiger partial charge in [0.15, 0.2) is 0 Å². The minimum Gasteiger partial charge on any atom is -0.286 e. The fourth-order valence-electron chi connectivity index (χ4n) is 1.60. The Labute approximate surface area is 77.3 Å². The van der Waals surface area contributed by atoms with E-state index < -0.39 is 0 Å². The van der Waals surface area contributed by atoms with Crippen molar-refractivity contribution >= 4 is 5.71 Å². The number of hydrogen-bond donors (Lipinski definition) is 0. The molecule has 13 heavy (non-hydrogen) atoms. The van der Waals surface area contributed by atoms with Gasteiger partial charge in [0.2, 0.25) is 0 Å². The van der Waals surface area contributed by atoms with Crippen LogP contribution in [-0.4, -0.2) is 11.8 Å². The van der Waals surface area contributed by atoms with E-state index in [9.17, 15) is 4.39 Å². The standard InChI is InChI=1S/C11H12FN/c1-8-2-7-11(13-8)9-3-5-10(12)6-4-9/h3-6,8H,2,7H2,1H3/t8-/m0/s1. The molecule has 1 aromatic rings. The van der Waals surface area contributed by atoms with Gasteiger partial charge in [-0.1, -0.05) is 12.1 Å². The van der Waals surface area contributed by atoms with Gasteiger partial charge in [0, 0.05) is 11.8 Å². The number of rotatable bonds is 1. The molecule has 1 aliphatic heterocycles. The van der Waals surface area contributed by atoms with Gasteiger partial charge < -0.3 is 0 Å². The fourth-order valence-corrected chi connectivity index (χ4v) is 1.60. The van der Waals surface area contributed by atoms with Gasteiger partial charge in [-0.25, -0.2) is 4.39 Å². The van der Waals surface area contributed by atoms with Gasteiger partial charge in [0.1, 0.15) is 5.82 Å². The Morgan fingerprint density at radius 1 is 1.31 bits per heavy atom. The van der Waals surface area contributed by atoms with Crippen molar-refractivity contribution in [1.82, 2.24) is 0 Å². The maximum absolute atomic E-state index is 12.6. The number of nitrogens with zero attached hydrogens (tertiary/aromatic N) is 1. The Morgan fingerprint density at radius 3 is 2.54 bits per heavy atom. The highest BCUT2D eigenvalue weighted by Gasteiger charge is 2.14. The molecular weight excluding hydrogens is 165 g/mol. The van der Waals surface area contributed by atoms with E-state index >= 15 is 0 Å². The molecule has 1 aromatic carbocycles. The third-order valence-electron chi connectivity index (χ3n) is 2.35. The van der Waals surface area contributed by atoms with Crippen molar-refractivity contribution in [3.8, 4) is 0 Å². The highest BCUT2D eigenvalue weighted by Crippen LogP contribution is 2.18. The van der Waals surface area contributed by atoms with Crippen molar-refractivity contribution in [2.24, 2.45) is 4.99 Å². The predicted octanol–water partition coefficient (Wildman–Crippen LogP) is 2.80. The van der Waals surface area contributed by atoms with Crippen LogP contribution in [0.2, 0.25) is 0 Å². The predicted molar refractivity (Wildman–Crippen MR) is 51.6 cm³/mol. The summed E-state index contributed by atoms with van der Waals surface area (Å²) in [4.78, 5) is 4.48. The summed E-state index contributed by atoms with van der Waals surface area (Å²) in [6.45, 7) is 2.11. The molecule has 0 spiro atoms. The Kier molecular flexibility index (Phi) is 2.13. The molecule has 0 aliphatic carbocycles. The Morgan fingerprint density at radius 2 is 2.00 bits per heavy atom. The summed E-state index contributed by atoms with van der Waals surface area (Å²) in [7, 11) is 0. The molecule has 0 N–H and O–H groups in total. The molecule has 0 fully saturated rings. The van der Waals surface area contributed by atoms with Crippen LogP contribution in [-0.2, 0) is 0 Å². The number of benzene rings is 1. The van der Waals surface area contributed by atoms with Crippen LogP contribution in [0.5, 0.6) is 0 Å². The van der Waals surface area contributed by atoms with Crippen LogP contribution in [0.25, 0.3) is 0 Å². The van der Waals surface area contributed by atoms with Crippen molar-refractivity contribution in [3.05, 3.63) is 35.6 Å². The van der Waals surface area contributed by atoms with Crippen LogP contribution < -0.4 is 0 Å². The molecule has 1 nitrogen and oxygen atoms in total. The van der Waals surface area contributed by atoms with Gasteiger partial charge in [-0.05, 0) is 37.5 Å². The topological polar surface area (TPSA) is 12.4 Å². The molecule has 1 atom stereocenters. The van der Waals surface area contributed by atoms with E-state index in [1.807, 2.05) is 0 Å². The summed E-state index contributed by atoms with van der Waals surface area (Å²) in [6.07, 6.45) is 2.14. The van der Waals surface area contributed by atoms with E-state index in [4.69, 9.17) is 0 Å². The maximum Gasteiger partial charge on any atom is 0.123 e. The lowest BCUT2D eigenvalue weighted by atomic mass is 10.1. The fraction of sp³-hybridized carbons (Fsp3) is 0.364. The molecule has 0 amide bonds. The summed E-state index contributed by atoms with van der Waals surface area (Å²) in [5, 5.41) is 0. The second-order valence-corrected chi connectivity index (χ2v) is 3.47. The second kappa shape index (κ2) is 3.29. The molecule has 2 heteroatoms. The van der Waals surface area contributed by atoms with Crippen molar-refractivity contribution in [1.29, 1.82) is 0 Å².